The molecule has 5 aromatic rings. The number of ether oxygens (including phenoxy) is 2. The van der Waals surface area contributed by atoms with E-state index in [9.17, 15) is 23.8 Å². The number of halogens is 1. The van der Waals surface area contributed by atoms with Gasteiger partial charge in [-0.05, 0) is 42.1 Å². The third-order valence-electron chi connectivity index (χ3n) is 11.9. The van der Waals surface area contributed by atoms with E-state index in [1.807, 2.05) is 33.9 Å². The Labute approximate surface area is 399 Å². The van der Waals surface area contributed by atoms with E-state index in [1.54, 1.807) is 44.2 Å². The number of fused-ring (bicyclic) bond motifs is 5. The van der Waals surface area contributed by atoms with Crippen LogP contribution in [0, 0.1) is 12.5 Å². The number of nitrogens with one attached hydrogen (secondary N) is 3. The molecule has 1 aromatic carbocycles. The van der Waals surface area contributed by atoms with Crippen LogP contribution in [0.3, 0.4) is 0 Å². The second-order valence-electron chi connectivity index (χ2n) is 18.0. The Hall–Kier alpha value is -4.78. The van der Waals surface area contributed by atoms with Gasteiger partial charge in [0.1, 0.15) is 43.5 Å². The van der Waals surface area contributed by atoms with Crippen molar-refractivity contribution in [3.8, 4) is 0 Å². The molecule has 4 N–H and O–H groups in total. The van der Waals surface area contributed by atoms with Crippen LogP contribution >= 0.6 is 14.5 Å². The summed E-state index contributed by atoms with van der Waals surface area (Å²) in [6, 6.07) is 8.36. The molecule has 8 rings (SSSR count). The summed E-state index contributed by atoms with van der Waals surface area (Å²) < 4.78 is 83.9. The minimum absolute atomic E-state index is 0.0224. The van der Waals surface area contributed by atoms with Crippen molar-refractivity contribution in [2.45, 2.75) is 102 Å². The molecule has 0 saturated carbocycles. The summed E-state index contributed by atoms with van der Waals surface area (Å²) in [5, 5.41) is 4.82. The quantitative estimate of drug-likeness (QED) is 0.0557. The van der Waals surface area contributed by atoms with E-state index >= 15 is 4.39 Å². The zero-order chi connectivity index (χ0) is 49.6. The smallest absolute Gasteiger partial charge is 0.408 e. The van der Waals surface area contributed by atoms with Gasteiger partial charge >= 0.3 is 14.5 Å². The highest BCUT2D eigenvalue weighted by Gasteiger charge is 2.56. The van der Waals surface area contributed by atoms with Crippen LogP contribution in [0.25, 0.3) is 27.2 Å². The minimum atomic E-state index is -5.26. The van der Waals surface area contributed by atoms with E-state index in [1.165, 1.54) is 21.8 Å². The molecule has 3 aliphatic rings. The Balaban J connectivity index is 1.16. The van der Waals surface area contributed by atoms with Gasteiger partial charge in [-0.25, -0.2) is 35.5 Å². The third-order valence-corrected chi connectivity index (χ3v) is 19.7. The van der Waals surface area contributed by atoms with Gasteiger partial charge in [-0.1, -0.05) is 52.8 Å². The van der Waals surface area contributed by atoms with Crippen molar-refractivity contribution in [3.63, 3.8) is 0 Å². The molecule has 3 saturated heterocycles. The summed E-state index contributed by atoms with van der Waals surface area (Å²) >= 11 is 5.92. The van der Waals surface area contributed by atoms with Gasteiger partial charge in [0.15, 0.2) is 55.1 Å². The number of aromatic amines is 1. The Kier molecular flexibility index (Phi) is 14.5. The van der Waals surface area contributed by atoms with Crippen LogP contribution < -0.4 is 16.2 Å². The number of alkyl halides is 1. The number of hydrogen-bond donors (Lipinski definition) is 4. The SMILES string of the molecule is [C-]#[N+]CCOP1(=S)OC[C@H]2O[C@@H](n3cnc4c(=O)[nH]c(NC(=O)C(C)C)nc43)C(OP(=O)(O)OC[C@H]3O[C@@H](n4cnc5c(NC(=O)c6ccccc6)ncnc54)C(F)[C@H]3O1)[C@H]2O[Si](C)(C)C(C)(C)C. The van der Waals surface area contributed by atoms with Crippen molar-refractivity contribution in [2.75, 3.05) is 37.0 Å². The molecule has 0 aliphatic carbocycles. The fourth-order valence-electron chi connectivity index (χ4n) is 7.31. The topological polar surface area (TPSA) is 281 Å². The second-order valence-corrected chi connectivity index (χ2v) is 27.2. The van der Waals surface area contributed by atoms with Crippen LogP contribution in [0.4, 0.5) is 16.2 Å². The maximum atomic E-state index is 17.2. The largest absolute Gasteiger partial charge is 0.472 e. The van der Waals surface area contributed by atoms with Gasteiger partial charge in [-0.15, -0.1) is 0 Å². The molecule has 10 atom stereocenters. The molecule has 29 heteroatoms. The van der Waals surface area contributed by atoms with Gasteiger partial charge in [-0.2, -0.15) is 4.98 Å². The van der Waals surface area contributed by atoms with Gasteiger partial charge in [-0.3, -0.25) is 47.4 Å². The zero-order valence-corrected chi connectivity index (χ0v) is 41.9. The van der Waals surface area contributed by atoms with E-state index < -0.39 is 114 Å². The molecule has 370 valence electrons. The Bertz CT molecular complexity index is 2930. The van der Waals surface area contributed by atoms with Gasteiger partial charge in [0.25, 0.3) is 11.5 Å². The third kappa shape index (κ3) is 10.6. The number of anilines is 2. The van der Waals surface area contributed by atoms with Crippen LogP contribution in [0.5, 0.6) is 0 Å². The van der Waals surface area contributed by atoms with E-state index in [0.29, 0.717) is 5.56 Å². The maximum absolute atomic E-state index is 17.2. The van der Waals surface area contributed by atoms with Crippen LogP contribution in [0.15, 0.2) is 54.1 Å². The number of hydrogen-bond acceptors (Lipinski definition) is 18. The first-order chi connectivity index (χ1) is 32.6. The summed E-state index contributed by atoms with van der Waals surface area (Å²) in [5.41, 5.74) is -0.502. The lowest BCUT2D eigenvalue weighted by atomic mass is 10.1. The number of phosphoric ester groups is 1. The molecule has 2 amide bonds. The number of amides is 2. The summed E-state index contributed by atoms with van der Waals surface area (Å²) in [5.74, 6) is -1.58. The van der Waals surface area contributed by atoms with Gasteiger partial charge < -0.3 is 38.0 Å². The highest BCUT2D eigenvalue weighted by Crippen LogP contribution is 2.57. The average Bonchev–Trinajstić information content (AvgIpc) is 4.06. The number of carbonyl (C=O) groups is 2. The minimum Gasteiger partial charge on any atom is -0.408 e. The molecule has 2 bridgehead atoms. The summed E-state index contributed by atoms with van der Waals surface area (Å²) in [4.78, 5) is 77.9. The lowest BCUT2D eigenvalue weighted by molar-refractivity contribution is -0.118. The molecule has 3 fully saturated rings. The van der Waals surface area contributed by atoms with Gasteiger partial charge in [0, 0.05) is 11.5 Å². The van der Waals surface area contributed by atoms with Gasteiger partial charge in [0.2, 0.25) is 18.4 Å². The molecule has 24 nitrogen and oxygen atoms in total. The van der Waals surface area contributed by atoms with Gasteiger partial charge in [0.05, 0.1) is 25.9 Å². The standard InChI is InChI=1S/C40H50FN11O13P2SSi/c1-21(2)34(53)49-39-48-33-27(36(55)50-39)46-20-52(33)38-30-29(65-69(7,8)40(3,4)5)24(62-38)17-60-67(68,58-15-14-42-6)64-28-23(16-59-66(56,57)63-30)61-37(25(28)41)51-19-45-26-31(43-18-44-32(26)51)47-35(54)22-12-10-9-11-13-22/h9-13,18-21,23-25,28-30,37-38H,14-17H2,1-5,7-8H3,(H,56,57)(H,43,44,47,54)(H2,48,49,50,53,55)/t23-,24-,25?,28+,29+,30?,37-,38-,67?/m1/s1. The molecule has 7 heterocycles. The predicted octanol–water partition coefficient (Wildman–Crippen LogP) is 5.41. The van der Waals surface area contributed by atoms with Crippen molar-refractivity contribution < 1.29 is 60.0 Å². The molecular weight excluding hydrogens is 984 g/mol. The number of carbonyl (C=O) groups excluding carboxylic acids is 2. The first kappa shape index (κ1) is 50.6. The van der Waals surface area contributed by atoms with Crippen LogP contribution in [-0.4, -0.2) is 127 Å². The van der Waals surface area contributed by atoms with E-state index in [0.717, 1.165) is 6.33 Å². The fourth-order valence-corrected chi connectivity index (χ4v) is 11.6. The lowest BCUT2D eigenvalue weighted by Gasteiger charge is -2.40. The monoisotopic (exact) mass is 1030 g/mol. The maximum Gasteiger partial charge on any atom is 0.472 e. The van der Waals surface area contributed by atoms with Crippen molar-refractivity contribution in [1.82, 2.24) is 39.0 Å². The second kappa shape index (κ2) is 19.8. The normalized spacial score (nSPS) is 28.9. The lowest BCUT2D eigenvalue weighted by Crippen LogP contribution is -2.50. The van der Waals surface area contributed by atoms with Crippen molar-refractivity contribution >= 4 is 80.6 Å². The van der Waals surface area contributed by atoms with E-state index in [4.69, 9.17) is 54.9 Å². The molecular formula is C40H50FN11O13P2SSi. The van der Waals surface area contributed by atoms with E-state index in [2.05, 4.69) is 45.4 Å². The predicted molar refractivity (Wildman–Crippen MR) is 249 cm³/mol. The van der Waals surface area contributed by atoms with Crippen LogP contribution in [0.1, 0.15) is 57.4 Å². The molecule has 69 heavy (non-hydrogen) atoms. The number of rotatable bonds is 11. The number of phosphoric acid groups is 1. The summed E-state index contributed by atoms with van der Waals surface area (Å²) in [7, 11) is -8.12. The number of nitrogens with zero attached hydrogens (tertiary/aromatic N) is 8. The first-order valence-electron chi connectivity index (χ1n) is 21.6. The molecule has 4 unspecified atom stereocenters. The van der Waals surface area contributed by atoms with Crippen molar-refractivity contribution in [3.05, 3.63) is 76.6 Å². The van der Waals surface area contributed by atoms with Crippen molar-refractivity contribution in [2.24, 2.45) is 5.92 Å². The number of H-pyrrole nitrogens is 1. The molecule has 0 spiro atoms. The number of benzene rings is 1. The first-order valence-corrected chi connectivity index (χ1v) is 28.6. The van der Waals surface area contributed by atoms with Crippen molar-refractivity contribution in [1.29, 1.82) is 0 Å². The number of imidazole rings is 2. The highest BCUT2D eigenvalue weighted by molar-refractivity contribution is 8.07. The summed E-state index contributed by atoms with van der Waals surface area (Å²) in [6.45, 7) is 14.5. The fraction of sp³-hybridized carbons (Fsp3) is 0.525. The number of aromatic nitrogens is 8. The van der Waals surface area contributed by atoms with Crippen LogP contribution in [-0.2, 0) is 57.7 Å². The van der Waals surface area contributed by atoms with Crippen LogP contribution in [0.2, 0.25) is 18.1 Å². The highest BCUT2D eigenvalue weighted by atomic mass is 32.5. The van der Waals surface area contributed by atoms with E-state index in [-0.39, 0.29) is 47.2 Å². The Morgan fingerprint density at radius 1 is 1.00 bits per heavy atom. The Morgan fingerprint density at radius 2 is 1.68 bits per heavy atom. The zero-order valence-electron chi connectivity index (χ0n) is 38.2. The Morgan fingerprint density at radius 3 is 2.38 bits per heavy atom. The molecule has 3 aliphatic heterocycles. The molecule has 4 aromatic heterocycles. The average molecular weight is 1030 g/mol. The molecule has 0 radical (unpaired) electrons. The summed E-state index contributed by atoms with van der Waals surface area (Å²) in [6.07, 6.45) is -8.82.